The molecule has 4 rings (SSSR count). The van der Waals surface area contributed by atoms with Gasteiger partial charge in [0.25, 0.3) is 5.91 Å². The lowest BCUT2D eigenvalue weighted by molar-refractivity contribution is -0.113. The minimum Gasteiger partial charge on any atom is -0.494 e. The van der Waals surface area contributed by atoms with Gasteiger partial charge in [0.2, 0.25) is 0 Å². The maximum atomic E-state index is 13.4. The lowest BCUT2D eigenvalue weighted by atomic mass is 10.1. The van der Waals surface area contributed by atoms with E-state index in [1.54, 1.807) is 23.1 Å². The maximum Gasteiger partial charge on any atom is 0.282 e. The molecule has 0 spiro atoms. The summed E-state index contributed by atoms with van der Waals surface area (Å²) in [6, 6.07) is 20.8. The first-order chi connectivity index (χ1) is 14.5. The largest absolute Gasteiger partial charge is 0.494 e. The molecule has 1 heterocycles. The highest BCUT2D eigenvalue weighted by molar-refractivity contribution is 9.10. The van der Waals surface area contributed by atoms with Crippen molar-refractivity contribution >= 4 is 39.4 Å². The zero-order valence-corrected chi connectivity index (χ0v) is 17.8. The molecule has 0 fully saturated rings. The molecule has 3 aromatic rings. The maximum absolute atomic E-state index is 13.4. The number of benzene rings is 3. The Balaban J connectivity index is 1.75. The molecule has 0 aromatic heterocycles. The Kier molecular flexibility index (Phi) is 5.77. The number of nitrogens with zero attached hydrogens (tertiary/aromatic N) is 2. The SMILES string of the molecule is CCOc1ccc(/C=C2/N=C(c3ccc(F)cc3)N(c3ccc(Br)cc3)C2=O)cc1. The fraction of sp³-hybridized carbons (Fsp3) is 0.0833. The average Bonchev–Trinajstić information content (AvgIpc) is 3.07. The second kappa shape index (κ2) is 8.63. The van der Waals surface area contributed by atoms with E-state index in [-0.39, 0.29) is 11.7 Å². The van der Waals surface area contributed by atoms with E-state index < -0.39 is 0 Å². The molecule has 1 aliphatic rings. The first kappa shape index (κ1) is 20.0. The van der Waals surface area contributed by atoms with Gasteiger partial charge in [0, 0.05) is 10.0 Å². The van der Waals surface area contributed by atoms with Gasteiger partial charge in [0.05, 0.1) is 12.3 Å². The molecule has 6 heteroatoms. The van der Waals surface area contributed by atoms with Gasteiger partial charge in [0.1, 0.15) is 23.1 Å². The number of ether oxygens (including phenoxy) is 1. The van der Waals surface area contributed by atoms with Crippen LogP contribution in [-0.2, 0) is 4.79 Å². The summed E-state index contributed by atoms with van der Waals surface area (Å²) in [4.78, 5) is 19.4. The van der Waals surface area contributed by atoms with Gasteiger partial charge >= 0.3 is 0 Å². The van der Waals surface area contributed by atoms with Crippen molar-refractivity contribution in [2.75, 3.05) is 11.5 Å². The predicted octanol–water partition coefficient (Wildman–Crippen LogP) is 5.82. The molecule has 30 heavy (non-hydrogen) atoms. The van der Waals surface area contributed by atoms with Crippen molar-refractivity contribution in [3.63, 3.8) is 0 Å². The Morgan fingerprint density at radius 2 is 1.67 bits per heavy atom. The number of amides is 1. The summed E-state index contributed by atoms with van der Waals surface area (Å²) in [6.45, 7) is 2.52. The molecule has 3 aromatic carbocycles. The summed E-state index contributed by atoms with van der Waals surface area (Å²) in [7, 11) is 0. The van der Waals surface area contributed by atoms with Crippen molar-refractivity contribution in [3.8, 4) is 5.75 Å². The van der Waals surface area contributed by atoms with E-state index in [1.807, 2.05) is 55.5 Å². The summed E-state index contributed by atoms with van der Waals surface area (Å²) in [5, 5.41) is 0. The minimum absolute atomic E-state index is 0.245. The fourth-order valence-electron chi connectivity index (χ4n) is 3.12. The molecule has 0 N–H and O–H groups in total. The lowest BCUT2D eigenvalue weighted by Crippen LogP contribution is -2.32. The second-order valence-corrected chi connectivity index (χ2v) is 7.51. The first-order valence-corrected chi connectivity index (χ1v) is 10.2. The van der Waals surface area contributed by atoms with Crippen molar-refractivity contribution in [2.45, 2.75) is 6.92 Å². The number of carbonyl (C=O) groups excluding carboxylic acids is 1. The minimum atomic E-state index is -0.344. The van der Waals surface area contributed by atoms with Crippen LogP contribution in [0.4, 0.5) is 10.1 Å². The average molecular weight is 465 g/mol. The van der Waals surface area contributed by atoms with Crippen molar-refractivity contribution in [1.82, 2.24) is 0 Å². The predicted molar refractivity (Wildman–Crippen MR) is 120 cm³/mol. The summed E-state index contributed by atoms with van der Waals surface area (Å²) >= 11 is 3.41. The molecule has 0 radical (unpaired) electrons. The van der Waals surface area contributed by atoms with Gasteiger partial charge in [0.15, 0.2) is 0 Å². The number of carbonyl (C=O) groups is 1. The number of rotatable bonds is 5. The highest BCUT2D eigenvalue weighted by Crippen LogP contribution is 2.29. The van der Waals surface area contributed by atoms with Gasteiger partial charge in [-0.2, -0.15) is 0 Å². The summed E-state index contributed by atoms with van der Waals surface area (Å²) in [5.74, 6) is 0.637. The molecule has 0 aliphatic carbocycles. The van der Waals surface area contributed by atoms with Gasteiger partial charge in [-0.3, -0.25) is 9.69 Å². The van der Waals surface area contributed by atoms with Crippen LogP contribution in [-0.4, -0.2) is 18.3 Å². The van der Waals surface area contributed by atoms with Gasteiger partial charge in [-0.1, -0.05) is 28.1 Å². The number of aliphatic imine (C=N–C) groups is 1. The van der Waals surface area contributed by atoms with Crippen molar-refractivity contribution in [2.24, 2.45) is 4.99 Å². The number of anilines is 1. The molecule has 4 nitrogen and oxygen atoms in total. The first-order valence-electron chi connectivity index (χ1n) is 9.44. The van der Waals surface area contributed by atoms with Gasteiger partial charge in [-0.25, -0.2) is 9.38 Å². The topological polar surface area (TPSA) is 41.9 Å². The highest BCUT2D eigenvalue weighted by atomic mass is 79.9. The van der Waals surface area contributed by atoms with Gasteiger partial charge in [-0.15, -0.1) is 0 Å². The second-order valence-electron chi connectivity index (χ2n) is 6.59. The van der Waals surface area contributed by atoms with Crippen LogP contribution in [0.5, 0.6) is 5.75 Å². The van der Waals surface area contributed by atoms with Gasteiger partial charge < -0.3 is 4.74 Å². The normalized spacial score (nSPS) is 14.9. The Labute approximate surface area is 182 Å². The Morgan fingerprint density at radius 1 is 1.00 bits per heavy atom. The number of halogens is 2. The quantitative estimate of drug-likeness (QED) is 0.446. The third-order valence-corrected chi connectivity index (χ3v) is 5.07. The van der Waals surface area contributed by atoms with Crippen LogP contribution >= 0.6 is 15.9 Å². The molecule has 0 saturated carbocycles. The van der Waals surface area contributed by atoms with E-state index in [4.69, 9.17) is 4.74 Å². The van der Waals surface area contributed by atoms with Crippen LogP contribution in [0.25, 0.3) is 6.08 Å². The van der Waals surface area contributed by atoms with E-state index in [0.29, 0.717) is 29.4 Å². The van der Waals surface area contributed by atoms with Crippen LogP contribution in [0, 0.1) is 5.82 Å². The smallest absolute Gasteiger partial charge is 0.282 e. The van der Waals surface area contributed by atoms with Crippen LogP contribution in [0.15, 0.2) is 88.0 Å². The van der Waals surface area contributed by atoms with Crippen LogP contribution in [0.3, 0.4) is 0 Å². The molecular formula is C24H18BrFN2O2. The van der Waals surface area contributed by atoms with Crippen LogP contribution in [0.1, 0.15) is 18.1 Å². The molecule has 1 amide bonds. The van der Waals surface area contributed by atoms with Crippen molar-refractivity contribution in [3.05, 3.63) is 99.9 Å². The van der Waals surface area contributed by atoms with Crippen molar-refractivity contribution < 1.29 is 13.9 Å². The Morgan fingerprint density at radius 3 is 2.30 bits per heavy atom. The van der Waals surface area contributed by atoms with Gasteiger partial charge in [-0.05, 0) is 79.2 Å². The molecule has 0 bridgehead atoms. The number of amidine groups is 1. The third kappa shape index (κ3) is 4.19. The fourth-order valence-corrected chi connectivity index (χ4v) is 3.39. The molecule has 1 aliphatic heterocycles. The van der Waals surface area contributed by atoms with E-state index in [1.165, 1.54) is 12.1 Å². The van der Waals surface area contributed by atoms with E-state index >= 15 is 0 Å². The molecule has 150 valence electrons. The summed E-state index contributed by atoms with van der Waals surface area (Å²) in [5.41, 5.74) is 2.48. The number of hydrogen-bond acceptors (Lipinski definition) is 3. The standard InChI is InChI=1S/C24H18BrFN2O2/c1-2-30-21-13-3-16(4-14-21)15-22-24(29)28(20-11-7-18(25)8-12-20)23(27-22)17-5-9-19(26)10-6-17/h3-15H,2H2,1H3/b22-15+. The molecule has 0 unspecified atom stereocenters. The monoisotopic (exact) mass is 464 g/mol. The molecular weight excluding hydrogens is 447 g/mol. The van der Waals surface area contributed by atoms with E-state index in [0.717, 1.165) is 15.8 Å². The van der Waals surface area contributed by atoms with Crippen molar-refractivity contribution in [1.29, 1.82) is 0 Å². The zero-order chi connectivity index (χ0) is 21.1. The Hall–Kier alpha value is -3.25. The van der Waals surface area contributed by atoms with E-state index in [2.05, 4.69) is 20.9 Å². The zero-order valence-electron chi connectivity index (χ0n) is 16.2. The van der Waals surface area contributed by atoms with Crippen LogP contribution in [0.2, 0.25) is 0 Å². The lowest BCUT2D eigenvalue weighted by Gasteiger charge is -2.18. The highest BCUT2D eigenvalue weighted by Gasteiger charge is 2.32. The Bertz CT molecular complexity index is 1120. The number of hydrogen-bond donors (Lipinski definition) is 0. The molecule has 0 atom stereocenters. The van der Waals surface area contributed by atoms with Crippen LogP contribution < -0.4 is 9.64 Å². The molecule has 0 saturated heterocycles. The summed E-state index contributed by atoms with van der Waals surface area (Å²) < 4.78 is 19.8. The van der Waals surface area contributed by atoms with E-state index in [9.17, 15) is 9.18 Å². The third-order valence-electron chi connectivity index (χ3n) is 4.54. The summed E-state index contributed by atoms with van der Waals surface area (Å²) in [6.07, 6.45) is 1.74.